The number of carbonyl (C=O) groups is 4. The fourth-order valence-corrected chi connectivity index (χ4v) is 1.72. The molecule has 1 heterocycles. The van der Waals surface area contributed by atoms with Crippen molar-refractivity contribution >= 4 is 23.8 Å². The van der Waals surface area contributed by atoms with Crippen LogP contribution >= 0.6 is 0 Å². The normalized spacial score (nSPS) is 21.6. The summed E-state index contributed by atoms with van der Waals surface area (Å²) < 4.78 is 41.5. The van der Waals surface area contributed by atoms with Gasteiger partial charge in [0.25, 0.3) is 5.91 Å². The summed E-state index contributed by atoms with van der Waals surface area (Å²) in [6.07, 6.45) is -5.19. The Bertz CT molecular complexity index is 608. The molecule has 0 aromatic rings. The number of nitrogens with one attached hydrogen (secondary N) is 2. The lowest BCUT2D eigenvalue weighted by Gasteiger charge is -2.34. The largest absolute Gasteiger partial charge is 0.490 e. The zero-order valence-corrected chi connectivity index (χ0v) is 14.1. The van der Waals surface area contributed by atoms with Crippen molar-refractivity contribution in [1.29, 1.82) is 0 Å². The minimum absolute atomic E-state index is 0.0765. The summed E-state index contributed by atoms with van der Waals surface area (Å²) in [5.74, 6) is -5.57. The summed E-state index contributed by atoms with van der Waals surface area (Å²) in [7, 11) is 1.38. The number of ether oxygens (including phenoxy) is 2. The van der Waals surface area contributed by atoms with E-state index in [2.05, 4.69) is 15.4 Å². The number of carboxylic acids is 2. The van der Waals surface area contributed by atoms with Gasteiger partial charge in [0.05, 0.1) is 12.1 Å². The molecule has 0 aliphatic carbocycles. The number of hydrogen-bond acceptors (Lipinski definition) is 7. The summed E-state index contributed by atoms with van der Waals surface area (Å²) >= 11 is 0. The van der Waals surface area contributed by atoms with E-state index in [9.17, 15) is 27.6 Å². The van der Waals surface area contributed by atoms with Crippen molar-refractivity contribution < 1.29 is 52.0 Å². The minimum atomic E-state index is -5.08. The average molecular weight is 401 g/mol. The van der Waals surface area contributed by atoms with Crippen LogP contribution in [0.25, 0.3) is 0 Å². The Hall–Kier alpha value is -2.87. The Kier molecular flexibility index (Phi) is 9.22. The molecular formula is C13H18F3N3O8. The Morgan fingerprint density at radius 2 is 1.81 bits per heavy atom. The Labute approximate surface area is 150 Å². The summed E-state index contributed by atoms with van der Waals surface area (Å²) in [6.45, 7) is 1.18. The number of carboxylic acid groups (broad SMARTS) is 2. The lowest BCUT2D eigenvalue weighted by Crippen LogP contribution is -2.61. The fourth-order valence-electron chi connectivity index (χ4n) is 1.72. The van der Waals surface area contributed by atoms with Gasteiger partial charge in [-0.05, 0) is 6.08 Å². The number of halogens is 3. The fraction of sp³-hybridized carbons (Fsp3) is 0.538. The molecule has 27 heavy (non-hydrogen) atoms. The molecule has 0 spiro atoms. The van der Waals surface area contributed by atoms with E-state index in [1.54, 1.807) is 0 Å². The molecule has 1 aliphatic rings. The van der Waals surface area contributed by atoms with Gasteiger partial charge in [-0.2, -0.15) is 13.2 Å². The Morgan fingerprint density at radius 3 is 2.19 bits per heavy atom. The third-order valence-electron chi connectivity index (χ3n) is 2.81. The Morgan fingerprint density at radius 1 is 1.30 bits per heavy atom. The Balaban J connectivity index is 0.000000821. The van der Waals surface area contributed by atoms with Crippen molar-refractivity contribution in [2.75, 3.05) is 13.8 Å². The molecule has 0 fully saturated rings. The zero-order valence-electron chi connectivity index (χ0n) is 14.1. The van der Waals surface area contributed by atoms with Crippen LogP contribution < -0.4 is 16.4 Å². The molecule has 0 unspecified atom stereocenters. The third kappa shape index (κ3) is 8.37. The zero-order chi connectivity index (χ0) is 21.4. The molecule has 1 aliphatic heterocycles. The van der Waals surface area contributed by atoms with Crippen LogP contribution in [-0.2, 0) is 28.7 Å². The van der Waals surface area contributed by atoms with Crippen LogP contribution in [0.1, 0.15) is 6.92 Å². The number of amides is 2. The van der Waals surface area contributed by atoms with E-state index in [4.69, 9.17) is 25.5 Å². The van der Waals surface area contributed by atoms with Gasteiger partial charge >= 0.3 is 18.1 Å². The highest BCUT2D eigenvalue weighted by molar-refractivity contribution is 5.88. The van der Waals surface area contributed by atoms with E-state index < -0.39 is 53.9 Å². The maximum absolute atomic E-state index is 11.9. The second-order valence-corrected chi connectivity index (χ2v) is 4.96. The van der Waals surface area contributed by atoms with E-state index >= 15 is 0 Å². The van der Waals surface area contributed by atoms with Crippen molar-refractivity contribution in [2.45, 2.75) is 31.3 Å². The molecule has 0 saturated carbocycles. The molecule has 6 N–H and O–H groups in total. The van der Waals surface area contributed by atoms with Crippen LogP contribution in [0.2, 0.25) is 0 Å². The SMILES string of the molecule is COCNC(=O)[C@@H]1OC(C(=O)O)=C[C@H](N)[C@H]1NC(C)=O.O=C(O)C(F)(F)F. The first-order valence-corrected chi connectivity index (χ1v) is 7.02. The number of carbonyl (C=O) groups excluding carboxylic acids is 2. The second-order valence-electron chi connectivity index (χ2n) is 4.96. The summed E-state index contributed by atoms with van der Waals surface area (Å²) in [5, 5.41) is 20.9. The molecule has 11 nitrogen and oxygen atoms in total. The van der Waals surface area contributed by atoms with Gasteiger partial charge in [-0.15, -0.1) is 0 Å². The van der Waals surface area contributed by atoms with Gasteiger partial charge in [0, 0.05) is 14.0 Å². The average Bonchev–Trinajstić information content (AvgIpc) is 2.53. The molecule has 0 bridgehead atoms. The molecule has 1 rings (SSSR count). The van der Waals surface area contributed by atoms with Crippen molar-refractivity contribution in [3.63, 3.8) is 0 Å². The smallest absolute Gasteiger partial charge is 0.475 e. The van der Waals surface area contributed by atoms with Gasteiger partial charge in [-0.3, -0.25) is 9.59 Å². The van der Waals surface area contributed by atoms with Gasteiger partial charge < -0.3 is 36.1 Å². The minimum Gasteiger partial charge on any atom is -0.475 e. The van der Waals surface area contributed by atoms with E-state index in [0.29, 0.717) is 0 Å². The first kappa shape index (κ1) is 24.1. The molecule has 0 aromatic heterocycles. The standard InChI is InChI=1S/C11H17N3O6.C2HF3O2/c1-5(15)14-8-6(12)3-7(11(17)18)20-9(8)10(16)13-4-19-2;3-2(4,5)1(6)7/h3,6,8-9H,4,12H2,1-2H3,(H,13,16)(H,14,15)(H,17,18);(H,6,7)/t6-,8+,9+;/m0./s1. The molecule has 3 atom stereocenters. The van der Waals surface area contributed by atoms with Gasteiger partial charge in [0.1, 0.15) is 6.73 Å². The number of nitrogens with two attached hydrogens (primary N) is 1. The van der Waals surface area contributed by atoms with Crippen molar-refractivity contribution in [1.82, 2.24) is 10.6 Å². The monoisotopic (exact) mass is 401 g/mol. The van der Waals surface area contributed by atoms with Gasteiger partial charge in [-0.25, -0.2) is 9.59 Å². The number of alkyl halides is 3. The highest BCUT2D eigenvalue weighted by Gasteiger charge is 2.40. The molecular weight excluding hydrogens is 383 g/mol. The maximum atomic E-state index is 11.9. The quantitative estimate of drug-likeness (QED) is 0.344. The third-order valence-corrected chi connectivity index (χ3v) is 2.81. The number of rotatable bonds is 5. The van der Waals surface area contributed by atoms with E-state index in [1.165, 1.54) is 14.0 Å². The van der Waals surface area contributed by atoms with Crippen LogP contribution in [-0.4, -0.2) is 72.2 Å². The second kappa shape index (κ2) is 10.3. The van der Waals surface area contributed by atoms with Crippen LogP contribution in [0, 0.1) is 0 Å². The topological polar surface area (TPSA) is 177 Å². The van der Waals surface area contributed by atoms with Gasteiger partial charge in [-0.1, -0.05) is 0 Å². The van der Waals surface area contributed by atoms with E-state index in [0.717, 1.165) is 6.08 Å². The number of hydrogen-bond donors (Lipinski definition) is 5. The van der Waals surface area contributed by atoms with Gasteiger partial charge in [0.2, 0.25) is 11.7 Å². The highest BCUT2D eigenvalue weighted by Crippen LogP contribution is 2.18. The van der Waals surface area contributed by atoms with E-state index in [1.807, 2.05) is 0 Å². The maximum Gasteiger partial charge on any atom is 0.490 e. The van der Waals surface area contributed by atoms with Crippen LogP contribution in [0.4, 0.5) is 13.2 Å². The molecule has 0 radical (unpaired) electrons. The number of methoxy groups -OCH3 is 1. The number of aliphatic carboxylic acids is 2. The van der Waals surface area contributed by atoms with Crippen molar-refractivity contribution in [3.8, 4) is 0 Å². The van der Waals surface area contributed by atoms with Gasteiger partial charge in [0.15, 0.2) is 6.10 Å². The summed E-state index contributed by atoms with van der Waals surface area (Å²) in [6, 6.07) is -1.73. The van der Waals surface area contributed by atoms with Crippen LogP contribution in [0.15, 0.2) is 11.8 Å². The molecule has 0 saturated heterocycles. The lowest BCUT2D eigenvalue weighted by atomic mass is 9.98. The molecule has 2 amide bonds. The molecule has 14 heteroatoms. The first-order valence-electron chi connectivity index (χ1n) is 7.02. The predicted octanol–water partition coefficient (Wildman–Crippen LogP) is -1.46. The van der Waals surface area contributed by atoms with Crippen LogP contribution in [0.3, 0.4) is 0 Å². The van der Waals surface area contributed by atoms with E-state index in [-0.39, 0.29) is 6.73 Å². The lowest BCUT2D eigenvalue weighted by molar-refractivity contribution is -0.192. The first-order chi connectivity index (χ1) is 12.3. The highest BCUT2D eigenvalue weighted by atomic mass is 19.4. The summed E-state index contributed by atoms with van der Waals surface area (Å²) in [5.41, 5.74) is 5.77. The molecule has 154 valence electrons. The van der Waals surface area contributed by atoms with Crippen molar-refractivity contribution in [3.05, 3.63) is 11.8 Å². The molecule has 0 aromatic carbocycles. The van der Waals surface area contributed by atoms with Crippen molar-refractivity contribution in [2.24, 2.45) is 5.73 Å². The summed E-state index contributed by atoms with van der Waals surface area (Å²) in [4.78, 5) is 42.9. The van der Waals surface area contributed by atoms with Crippen LogP contribution in [0.5, 0.6) is 0 Å². The predicted molar refractivity (Wildman–Crippen MR) is 79.9 cm³/mol.